The fraction of sp³-hybridized carbons (Fsp3) is 0.462. The van der Waals surface area contributed by atoms with Gasteiger partial charge < -0.3 is 15.4 Å². The van der Waals surface area contributed by atoms with E-state index >= 15 is 0 Å². The van der Waals surface area contributed by atoms with Crippen LogP contribution in [0.4, 0.5) is 5.69 Å². The van der Waals surface area contributed by atoms with Crippen molar-refractivity contribution in [2.45, 2.75) is 26.3 Å². The Hall–Kier alpha value is -1.26. The number of amides is 1. The summed E-state index contributed by atoms with van der Waals surface area (Å²) in [5, 5.41) is 6.36. The number of nitrogens with one attached hydrogen (secondary N) is 2. The number of halogens is 1. The zero-order valence-electron chi connectivity index (χ0n) is 10.9. The van der Waals surface area contributed by atoms with E-state index in [1.165, 1.54) is 0 Å². The van der Waals surface area contributed by atoms with Crippen LogP contribution >= 0.6 is 11.6 Å². The number of benzene rings is 1. The second-order valence-electron chi connectivity index (χ2n) is 4.08. The molecule has 4 nitrogen and oxygen atoms in total. The molecular formula is C13H19ClN2O2. The van der Waals surface area contributed by atoms with Gasteiger partial charge in [0.25, 0.3) is 0 Å². The molecular weight excluding hydrogens is 252 g/mol. The van der Waals surface area contributed by atoms with E-state index in [4.69, 9.17) is 16.3 Å². The molecule has 0 spiro atoms. The monoisotopic (exact) mass is 270 g/mol. The van der Waals surface area contributed by atoms with Crippen LogP contribution in [0, 0.1) is 0 Å². The molecule has 5 heteroatoms. The van der Waals surface area contributed by atoms with Crippen LogP contribution in [0.1, 0.15) is 20.3 Å². The van der Waals surface area contributed by atoms with Crippen LogP contribution in [0.15, 0.2) is 18.2 Å². The van der Waals surface area contributed by atoms with E-state index in [9.17, 15) is 4.79 Å². The van der Waals surface area contributed by atoms with Gasteiger partial charge in [-0.2, -0.15) is 0 Å². The summed E-state index contributed by atoms with van der Waals surface area (Å²) < 4.78 is 5.08. The maximum absolute atomic E-state index is 11.7. The average Bonchev–Trinajstić information content (AvgIpc) is 2.38. The molecule has 0 bridgehead atoms. The van der Waals surface area contributed by atoms with E-state index in [1.54, 1.807) is 25.3 Å². The highest BCUT2D eigenvalue weighted by Crippen LogP contribution is 2.26. The molecule has 0 aliphatic heterocycles. The van der Waals surface area contributed by atoms with Gasteiger partial charge in [-0.3, -0.25) is 4.79 Å². The number of carbonyl (C=O) groups is 1. The first-order valence-corrected chi connectivity index (χ1v) is 6.31. The molecule has 100 valence electrons. The number of ether oxygens (including phenoxy) is 1. The molecule has 0 aromatic heterocycles. The van der Waals surface area contributed by atoms with Crippen LogP contribution in [0.5, 0.6) is 5.75 Å². The predicted octanol–water partition coefficient (Wildman–Crippen LogP) is 2.68. The second kappa shape index (κ2) is 7.24. The third kappa shape index (κ3) is 4.55. The Morgan fingerprint density at radius 2 is 2.22 bits per heavy atom. The highest BCUT2D eigenvalue weighted by Gasteiger charge is 2.08. The van der Waals surface area contributed by atoms with Crippen LogP contribution in [0.2, 0.25) is 5.02 Å². The van der Waals surface area contributed by atoms with Gasteiger partial charge in [-0.05, 0) is 25.5 Å². The molecule has 1 unspecified atom stereocenters. The lowest BCUT2D eigenvalue weighted by Gasteiger charge is -2.12. The number of rotatable bonds is 6. The molecule has 0 radical (unpaired) electrons. The highest BCUT2D eigenvalue weighted by molar-refractivity contribution is 6.33. The van der Waals surface area contributed by atoms with E-state index < -0.39 is 0 Å². The second-order valence-corrected chi connectivity index (χ2v) is 4.49. The number of anilines is 1. The Labute approximate surface area is 113 Å². The fourth-order valence-corrected chi connectivity index (χ4v) is 1.50. The maximum Gasteiger partial charge on any atom is 0.238 e. The van der Waals surface area contributed by atoms with Crippen molar-refractivity contribution in [1.82, 2.24) is 5.32 Å². The quantitative estimate of drug-likeness (QED) is 0.836. The molecule has 18 heavy (non-hydrogen) atoms. The molecule has 1 aromatic carbocycles. The van der Waals surface area contributed by atoms with Gasteiger partial charge in [-0.25, -0.2) is 0 Å². The van der Waals surface area contributed by atoms with E-state index in [0.29, 0.717) is 22.5 Å². The lowest BCUT2D eigenvalue weighted by Crippen LogP contribution is -2.34. The summed E-state index contributed by atoms with van der Waals surface area (Å²) >= 11 is 6.00. The summed E-state index contributed by atoms with van der Waals surface area (Å²) in [6.07, 6.45) is 0.979. The highest BCUT2D eigenvalue weighted by atomic mass is 35.5. The minimum atomic E-state index is -0.120. The Balaban J connectivity index is 2.58. The molecule has 0 aliphatic carbocycles. The number of hydrogen-bond donors (Lipinski definition) is 2. The van der Waals surface area contributed by atoms with Crippen molar-refractivity contribution in [3.05, 3.63) is 23.2 Å². The molecule has 0 saturated heterocycles. The standard InChI is InChI=1S/C13H19ClN2O2/c1-4-9(2)15-8-13(17)16-12-7-10(18-3)5-6-11(12)14/h5-7,9,15H,4,8H2,1-3H3,(H,16,17). The van der Waals surface area contributed by atoms with E-state index in [0.717, 1.165) is 6.42 Å². The summed E-state index contributed by atoms with van der Waals surface area (Å²) in [7, 11) is 1.57. The van der Waals surface area contributed by atoms with Crippen molar-refractivity contribution in [3.63, 3.8) is 0 Å². The van der Waals surface area contributed by atoms with Gasteiger partial charge in [0, 0.05) is 12.1 Å². The molecule has 1 rings (SSSR count). The Kier molecular flexibility index (Phi) is 5.95. The topological polar surface area (TPSA) is 50.4 Å². The molecule has 0 fully saturated rings. The first-order chi connectivity index (χ1) is 8.56. The van der Waals surface area contributed by atoms with Crippen molar-refractivity contribution in [2.75, 3.05) is 19.0 Å². The Morgan fingerprint density at radius 1 is 1.50 bits per heavy atom. The van der Waals surface area contributed by atoms with Crippen molar-refractivity contribution in [3.8, 4) is 5.75 Å². The van der Waals surface area contributed by atoms with Crippen molar-refractivity contribution in [1.29, 1.82) is 0 Å². The van der Waals surface area contributed by atoms with E-state index in [2.05, 4.69) is 17.6 Å². The molecule has 1 atom stereocenters. The van der Waals surface area contributed by atoms with E-state index in [-0.39, 0.29) is 12.5 Å². The van der Waals surface area contributed by atoms with Gasteiger partial charge in [0.2, 0.25) is 5.91 Å². The van der Waals surface area contributed by atoms with Crippen LogP contribution in [-0.4, -0.2) is 25.6 Å². The van der Waals surface area contributed by atoms with Gasteiger partial charge in [0.05, 0.1) is 24.4 Å². The third-order valence-electron chi connectivity index (χ3n) is 2.67. The van der Waals surface area contributed by atoms with Gasteiger partial charge >= 0.3 is 0 Å². The predicted molar refractivity (Wildman–Crippen MR) is 74.4 cm³/mol. The SMILES string of the molecule is CCC(C)NCC(=O)Nc1cc(OC)ccc1Cl. The number of carbonyl (C=O) groups excluding carboxylic acids is 1. The summed E-state index contributed by atoms with van der Waals surface area (Å²) in [6, 6.07) is 5.45. The summed E-state index contributed by atoms with van der Waals surface area (Å²) in [5.74, 6) is 0.537. The number of hydrogen-bond acceptors (Lipinski definition) is 3. The molecule has 1 aromatic rings. The van der Waals surface area contributed by atoms with Crippen LogP contribution < -0.4 is 15.4 Å². The van der Waals surface area contributed by atoms with Gasteiger partial charge in [-0.1, -0.05) is 18.5 Å². The summed E-state index contributed by atoms with van der Waals surface area (Å²) in [6.45, 7) is 4.36. The largest absolute Gasteiger partial charge is 0.497 e. The maximum atomic E-state index is 11.7. The number of methoxy groups -OCH3 is 1. The van der Waals surface area contributed by atoms with E-state index in [1.807, 2.05) is 6.92 Å². The minimum Gasteiger partial charge on any atom is -0.497 e. The van der Waals surface area contributed by atoms with Crippen molar-refractivity contribution >= 4 is 23.2 Å². The Bertz CT molecular complexity index is 410. The lowest BCUT2D eigenvalue weighted by atomic mass is 10.2. The van der Waals surface area contributed by atoms with Crippen molar-refractivity contribution < 1.29 is 9.53 Å². The molecule has 1 amide bonds. The smallest absolute Gasteiger partial charge is 0.238 e. The zero-order chi connectivity index (χ0) is 13.5. The van der Waals surface area contributed by atoms with Crippen LogP contribution in [-0.2, 0) is 4.79 Å². The Morgan fingerprint density at radius 3 is 2.83 bits per heavy atom. The van der Waals surface area contributed by atoms with Crippen LogP contribution in [0.3, 0.4) is 0 Å². The molecule has 0 heterocycles. The first kappa shape index (κ1) is 14.8. The molecule has 2 N–H and O–H groups in total. The normalized spacial score (nSPS) is 12.0. The average molecular weight is 271 g/mol. The van der Waals surface area contributed by atoms with Gasteiger partial charge in [0.15, 0.2) is 0 Å². The minimum absolute atomic E-state index is 0.120. The summed E-state index contributed by atoms with van der Waals surface area (Å²) in [4.78, 5) is 11.7. The third-order valence-corrected chi connectivity index (χ3v) is 3.00. The van der Waals surface area contributed by atoms with Gasteiger partial charge in [0.1, 0.15) is 5.75 Å². The molecule has 0 aliphatic rings. The first-order valence-electron chi connectivity index (χ1n) is 5.93. The van der Waals surface area contributed by atoms with Crippen molar-refractivity contribution in [2.24, 2.45) is 0 Å². The fourth-order valence-electron chi connectivity index (χ4n) is 1.33. The molecule has 0 saturated carbocycles. The van der Waals surface area contributed by atoms with Gasteiger partial charge in [-0.15, -0.1) is 0 Å². The summed E-state index contributed by atoms with van der Waals surface area (Å²) in [5.41, 5.74) is 0.562. The zero-order valence-corrected chi connectivity index (χ0v) is 11.7. The lowest BCUT2D eigenvalue weighted by molar-refractivity contribution is -0.115. The van der Waals surface area contributed by atoms with Crippen LogP contribution in [0.25, 0.3) is 0 Å².